The van der Waals surface area contributed by atoms with Crippen LogP contribution in [0.25, 0.3) is 0 Å². The molecule has 2 saturated heterocycles. The van der Waals surface area contributed by atoms with Gasteiger partial charge in [0.05, 0.1) is 48.9 Å². The number of rotatable bonds is 11. The molecule has 0 radical (unpaired) electrons. The van der Waals surface area contributed by atoms with Crippen molar-refractivity contribution in [3.05, 3.63) is 190 Å². The van der Waals surface area contributed by atoms with Crippen molar-refractivity contribution in [2.45, 2.75) is 30.2 Å². The molecule has 0 aromatic heterocycles. The molecule has 0 spiro atoms. The van der Waals surface area contributed by atoms with Gasteiger partial charge in [-0.3, -0.25) is 13.8 Å². The molecule has 0 N–H and O–H groups in total. The van der Waals surface area contributed by atoms with Crippen LogP contribution in [0.2, 0.25) is 10.0 Å². The van der Waals surface area contributed by atoms with Gasteiger partial charge in [-0.2, -0.15) is 10.5 Å². The second-order valence-electron chi connectivity index (χ2n) is 14.4. The number of hydrogen-bond donors (Lipinski definition) is 0. The number of para-hydroxylation sites is 4. The van der Waals surface area contributed by atoms with Gasteiger partial charge in [-0.15, -0.1) is 0 Å². The molecule has 8 rings (SSSR count). The summed E-state index contributed by atoms with van der Waals surface area (Å²) in [7, 11) is -7.68. The molecule has 6 aromatic carbocycles. The number of nitriles is 2. The largest absolute Gasteiger partial charge is 0.304 e. The highest BCUT2D eigenvalue weighted by atomic mass is 35.5. The fourth-order valence-electron chi connectivity index (χ4n) is 8.55. The van der Waals surface area contributed by atoms with E-state index in [1.165, 1.54) is 6.07 Å². The smallest absolute Gasteiger partial charge is 0.272 e. The van der Waals surface area contributed by atoms with Crippen molar-refractivity contribution >= 4 is 60.8 Å². The quantitative estimate of drug-likeness (QED) is 0.119. The Labute approximate surface area is 354 Å². The molecule has 8 nitrogen and oxygen atoms in total. The van der Waals surface area contributed by atoms with Gasteiger partial charge < -0.3 is 14.0 Å². The van der Waals surface area contributed by atoms with Gasteiger partial charge in [0.25, 0.3) is 14.9 Å². The van der Waals surface area contributed by atoms with Gasteiger partial charge >= 0.3 is 0 Å². The van der Waals surface area contributed by atoms with E-state index in [1.807, 2.05) is 140 Å². The molecule has 4 atom stereocenters. The minimum atomic E-state index is -3.92. The van der Waals surface area contributed by atoms with E-state index in [0.29, 0.717) is 40.6 Å². The van der Waals surface area contributed by atoms with Gasteiger partial charge in [-0.1, -0.05) is 114 Å². The van der Waals surface area contributed by atoms with Crippen molar-refractivity contribution in [2.75, 3.05) is 38.3 Å². The van der Waals surface area contributed by atoms with Crippen LogP contribution in [-0.2, 0) is 9.13 Å². The third-order valence-electron chi connectivity index (χ3n) is 11.2. The van der Waals surface area contributed by atoms with Crippen LogP contribution in [0, 0.1) is 28.5 Å². The standard InChI is InChI=1S/C46H39Cl2FN6O2P2/c47-35-22-24-40(42(48)32-35)45(25-27-50)59(57)54(38-17-9-3-10-18-38)33-44(55(59)39-19-11-4-12-20-39)34-21-23-41(43(49)31-34)46(26-28-51)58(56)52(36-13-5-1-6-14-36)29-30-53(58)37-15-7-2-8-16-37/h1-24,31-32,44-46H,25-26,29-30,33H2. The fraction of sp³-hybridized carbons (Fsp3) is 0.174. The van der Waals surface area contributed by atoms with Crippen LogP contribution >= 0.6 is 38.1 Å². The Morgan fingerprint density at radius 3 is 1.53 bits per heavy atom. The van der Waals surface area contributed by atoms with Crippen molar-refractivity contribution in [1.82, 2.24) is 0 Å². The summed E-state index contributed by atoms with van der Waals surface area (Å²) in [5.74, 6) is -0.624. The normalized spacial score (nSPS) is 19.6. The maximum atomic E-state index is 17.3. The van der Waals surface area contributed by atoms with E-state index >= 15 is 13.5 Å². The van der Waals surface area contributed by atoms with Crippen molar-refractivity contribution in [3.8, 4) is 12.1 Å². The highest BCUT2D eigenvalue weighted by Crippen LogP contribution is 2.74. The zero-order valence-electron chi connectivity index (χ0n) is 31.8. The summed E-state index contributed by atoms with van der Waals surface area (Å²) in [5.41, 5.74) is 2.01. The zero-order valence-corrected chi connectivity index (χ0v) is 35.1. The summed E-state index contributed by atoms with van der Waals surface area (Å²) < 4.78 is 57.1. The molecule has 0 saturated carbocycles. The highest BCUT2D eigenvalue weighted by Gasteiger charge is 2.55. The van der Waals surface area contributed by atoms with Crippen LogP contribution < -0.4 is 18.7 Å². The Balaban J connectivity index is 1.28. The Kier molecular flexibility index (Phi) is 11.6. The van der Waals surface area contributed by atoms with Gasteiger partial charge in [0, 0.05) is 51.4 Å². The highest BCUT2D eigenvalue weighted by molar-refractivity contribution is 7.68. The van der Waals surface area contributed by atoms with Gasteiger partial charge in [-0.25, -0.2) is 4.39 Å². The molecule has 2 aliphatic heterocycles. The van der Waals surface area contributed by atoms with Crippen molar-refractivity contribution < 1.29 is 13.5 Å². The lowest BCUT2D eigenvalue weighted by Crippen LogP contribution is -2.25. The van der Waals surface area contributed by atoms with Crippen molar-refractivity contribution in [2.24, 2.45) is 0 Å². The molecule has 13 heteroatoms. The minimum Gasteiger partial charge on any atom is -0.304 e. The maximum absolute atomic E-state index is 17.3. The first kappa shape index (κ1) is 40.3. The molecule has 2 fully saturated rings. The van der Waals surface area contributed by atoms with E-state index in [2.05, 4.69) is 12.1 Å². The molecule has 4 unspecified atom stereocenters. The summed E-state index contributed by atoms with van der Waals surface area (Å²) in [6.07, 6.45) is -0.333. The van der Waals surface area contributed by atoms with Crippen molar-refractivity contribution in [3.63, 3.8) is 0 Å². The van der Waals surface area contributed by atoms with E-state index in [4.69, 9.17) is 23.2 Å². The summed E-state index contributed by atoms with van der Waals surface area (Å²) in [6.45, 7) is 1.00. The summed E-state index contributed by atoms with van der Waals surface area (Å²) in [6, 6.07) is 51.1. The van der Waals surface area contributed by atoms with Crippen LogP contribution in [0.15, 0.2) is 158 Å². The Hall–Kier alpha value is -5.53. The topological polar surface area (TPSA) is 94.7 Å². The predicted octanol–water partition coefficient (Wildman–Crippen LogP) is 13.2. The molecular weight excluding hydrogens is 820 g/mol. The number of nitrogens with zero attached hydrogens (tertiary/aromatic N) is 6. The molecule has 59 heavy (non-hydrogen) atoms. The first-order valence-electron chi connectivity index (χ1n) is 19.2. The van der Waals surface area contributed by atoms with E-state index in [1.54, 1.807) is 30.3 Å². The minimum absolute atomic E-state index is 0.133. The molecule has 6 aromatic rings. The Bertz CT molecular complexity index is 2580. The molecule has 0 aliphatic carbocycles. The van der Waals surface area contributed by atoms with Gasteiger partial charge in [0.1, 0.15) is 5.82 Å². The number of anilines is 4. The Morgan fingerprint density at radius 1 is 0.593 bits per heavy atom. The van der Waals surface area contributed by atoms with Crippen LogP contribution in [0.5, 0.6) is 0 Å². The average Bonchev–Trinajstić information content (AvgIpc) is 3.78. The van der Waals surface area contributed by atoms with E-state index < -0.39 is 38.1 Å². The lowest BCUT2D eigenvalue weighted by molar-refractivity contribution is 0.556. The van der Waals surface area contributed by atoms with E-state index in [9.17, 15) is 10.5 Å². The van der Waals surface area contributed by atoms with Crippen LogP contribution in [0.1, 0.15) is 46.9 Å². The molecular formula is C46H39Cl2FN6O2P2. The first-order chi connectivity index (χ1) is 28.7. The molecule has 0 bridgehead atoms. The lowest BCUT2D eigenvalue weighted by Gasteiger charge is -2.39. The Morgan fingerprint density at radius 2 is 1.05 bits per heavy atom. The first-order valence-corrected chi connectivity index (χ1v) is 23.3. The van der Waals surface area contributed by atoms with Crippen LogP contribution in [0.3, 0.4) is 0 Å². The van der Waals surface area contributed by atoms with Gasteiger partial charge in [0.2, 0.25) is 0 Å². The van der Waals surface area contributed by atoms with Gasteiger partial charge in [0.15, 0.2) is 0 Å². The van der Waals surface area contributed by atoms with Crippen molar-refractivity contribution in [1.29, 1.82) is 10.5 Å². The van der Waals surface area contributed by atoms with Crippen LogP contribution in [0.4, 0.5) is 27.1 Å². The zero-order chi connectivity index (χ0) is 41.1. The monoisotopic (exact) mass is 858 g/mol. The van der Waals surface area contributed by atoms with E-state index in [0.717, 1.165) is 11.4 Å². The van der Waals surface area contributed by atoms with Gasteiger partial charge in [-0.05, 0) is 77.9 Å². The van der Waals surface area contributed by atoms with Crippen LogP contribution in [-0.4, -0.2) is 19.6 Å². The summed E-state index contributed by atoms with van der Waals surface area (Å²) in [4.78, 5) is 0. The fourth-order valence-corrected chi connectivity index (χ4v) is 16.4. The SMILES string of the molecule is N#CCC(c1ccc(C2CN(c3ccccc3)P(=O)(C(CC#N)c3ccc(Cl)cc3Cl)N2c2ccccc2)cc1F)P1(=O)N(c2ccccc2)CCN1c1ccccc1. The maximum Gasteiger partial charge on any atom is 0.272 e. The lowest BCUT2D eigenvalue weighted by atomic mass is 10.0. The molecule has 2 heterocycles. The molecule has 0 amide bonds. The van der Waals surface area contributed by atoms with E-state index in [-0.39, 0.29) is 30.0 Å². The summed E-state index contributed by atoms with van der Waals surface area (Å²) in [5, 5.41) is 21.3. The second-order valence-corrected chi connectivity index (χ2v) is 20.7. The molecule has 296 valence electrons. The average molecular weight is 860 g/mol. The third kappa shape index (κ3) is 7.28. The second kappa shape index (κ2) is 17.0. The summed E-state index contributed by atoms with van der Waals surface area (Å²) >= 11 is 13.2. The number of benzene rings is 6. The molecule has 2 aliphatic rings. The number of hydrogen-bond acceptors (Lipinski definition) is 4. The number of halogens is 3. The third-order valence-corrected chi connectivity index (χ3v) is 18.7. The predicted molar refractivity (Wildman–Crippen MR) is 237 cm³/mol.